The monoisotopic (exact) mass is 297 g/mol. The van der Waals surface area contributed by atoms with E-state index in [9.17, 15) is 4.79 Å². The molecule has 19 heavy (non-hydrogen) atoms. The minimum Gasteiger partial charge on any atom is -0.485 e. The average Bonchev–Trinajstić information content (AvgIpc) is 2.92. The molecule has 1 N–H and O–H groups in total. The largest absolute Gasteiger partial charge is 0.485 e. The summed E-state index contributed by atoms with van der Waals surface area (Å²) in [5, 5.41) is 11.7. The molecular formula is C12H11NO4S2. The minimum absolute atomic E-state index is 0.0195. The normalized spacial score (nSPS) is 13.5. The van der Waals surface area contributed by atoms with Crippen LogP contribution in [0.5, 0.6) is 11.5 Å². The summed E-state index contributed by atoms with van der Waals surface area (Å²) in [6, 6.07) is 0. The Morgan fingerprint density at radius 1 is 1.47 bits per heavy atom. The molecule has 0 saturated heterocycles. The van der Waals surface area contributed by atoms with Crippen molar-refractivity contribution in [3.63, 3.8) is 0 Å². The third-order valence-electron chi connectivity index (χ3n) is 2.63. The summed E-state index contributed by atoms with van der Waals surface area (Å²) in [6.45, 7) is 2.92. The highest BCUT2D eigenvalue weighted by Gasteiger charge is 2.24. The van der Waals surface area contributed by atoms with E-state index in [0.717, 1.165) is 20.5 Å². The van der Waals surface area contributed by atoms with Crippen LogP contribution in [0.2, 0.25) is 0 Å². The van der Waals surface area contributed by atoms with Crippen LogP contribution in [0.3, 0.4) is 0 Å². The molecule has 2 aromatic rings. The number of nitrogens with zero attached hydrogens (tertiary/aromatic N) is 1. The number of carboxylic acid groups (broad SMARTS) is 1. The first kappa shape index (κ1) is 12.4. The van der Waals surface area contributed by atoms with Crippen LogP contribution in [0.15, 0.2) is 5.38 Å². The van der Waals surface area contributed by atoms with E-state index >= 15 is 0 Å². The van der Waals surface area contributed by atoms with Gasteiger partial charge < -0.3 is 14.6 Å². The van der Waals surface area contributed by atoms with Crippen molar-refractivity contribution in [1.82, 2.24) is 4.98 Å². The van der Waals surface area contributed by atoms with Crippen molar-refractivity contribution in [1.29, 1.82) is 0 Å². The molecule has 0 unspecified atom stereocenters. The molecule has 0 aliphatic carbocycles. The van der Waals surface area contributed by atoms with E-state index in [4.69, 9.17) is 14.6 Å². The van der Waals surface area contributed by atoms with Gasteiger partial charge >= 0.3 is 5.97 Å². The van der Waals surface area contributed by atoms with E-state index in [-0.39, 0.29) is 6.42 Å². The van der Waals surface area contributed by atoms with Crippen LogP contribution in [0.4, 0.5) is 0 Å². The lowest BCUT2D eigenvalue weighted by Crippen LogP contribution is -2.14. The molecule has 0 saturated carbocycles. The van der Waals surface area contributed by atoms with Crippen LogP contribution in [0.25, 0.3) is 10.6 Å². The third kappa shape index (κ3) is 2.31. The Bertz CT molecular complexity index is 632. The van der Waals surface area contributed by atoms with Crippen molar-refractivity contribution in [2.75, 3.05) is 13.2 Å². The number of carbonyl (C=O) groups is 1. The molecule has 1 aliphatic rings. The summed E-state index contributed by atoms with van der Waals surface area (Å²) in [5.41, 5.74) is 0.710. The molecule has 0 bridgehead atoms. The van der Waals surface area contributed by atoms with E-state index in [1.54, 1.807) is 0 Å². The number of fused-ring (bicyclic) bond motifs is 1. The maximum Gasteiger partial charge on any atom is 0.308 e. The summed E-state index contributed by atoms with van der Waals surface area (Å²) in [5.74, 6) is 0.554. The smallest absolute Gasteiger partial charge is 0.308 e. The van der Waals surface area contributed by atoms with Gasteiger partial charge in [-0.05, 0) is 6.92 Å². The maximum atomic E-state index is 10.9. The molecule has 1 aliphatic heterocycles. The fraction of sp³-hybridized carbons (Fsp3) is 0.333. The molecule has 7 heteroatoms. The maximum absolute atomic E-state index is 10.9. The fourth-order valence-electron chi connectivity index (χ4n) is 1.93. The van der Waals surface area contributed by atoms with Gasteiger partial charge in [0.2, 0.25) is 0 Å². The number of thiophene rings is 1. The van der Waals surface area contributed by atoms with Crippen molar-refractivity contribution in [3.8, 4) is 22.1 Å². The Morgan fingerprint density at radius 3 is 3.05 bits per heavy atom. The zero-order chi connectivity index (χ0) is 13.4. The number of ether oxygens (including phenoxy) is 2. The van der Waals surface area contributed by atoms with Crippen molar-refractivity contribution < 1.29 is 19.4 Å². The first-order valence-corrected chi connectivity index (χ1v) is 7.40. The lowest BCUT2D eigenvalue weighted by Gasteiger charge is -2.15. The van der Waals surface area contributed by atoms with Crippen LogP contribution < -0.4 is 9.47 Å². The Hall–Kier alpha value is -1.60. The number of aryl methyl sites for hydroxylation is 1. The van der Waals surface area contributed by atoms with Gasteiger partial charge in [-0.25, -0.2) is 4.98 Å². The van der Waals surface area contributed by atoms with Crippen molar-refractivity contribution >= 4 is 28.6 Å². The standard InChI is InChI=1S/C12H11NO4S2/c1-6-13-10(8(19-6)4-9(14)15)12-11-7(5-18-12)16-2-3-17-11/h5H,2-4H2,1H3,(H,14,15). The molecule has 0 atom stereocenters. The molecule has 0 fully saturated rings. The molecule has 3 heterocycles. The van der Waals surface area contributed by atoms with Gasteiger partial charge in [-0.2, -0.15) is 0 Å². The fourth-order valence-corrected chi connectivity index (χ4v) is 3.88. The van der Waals surface area contributed by atoms with E-state index in [0.29, 0.717) is 24.7 Å². The summed E-state index contributed by atoms with van der Waals surface area (Å²) in [7, 11) is 0. The van der Waals surface area contributed by atoms with Gasteiger partial charge in [0.1, 0.15) is 13.2 Å². The SMILES string of the molecule is Cc1nc(-c2scc3c2OCCO3)c(CC(=O)O)s1. The van der Waals surface area contributed by atoms with Crippen LogP contribution in [0, 0.1) is 6.92 Å². The number of carboxylic acids is 1. The molecule has 0 amide bonds. The summed E-state index contributed by atoms with van der Waals surface area (Å²) in [6.07, 6.45) is -0.0195. The van der Waals surface area contributed by atoms with Gasteiger partial charge in [0.25, 0.3) is 0 Å². The predicted molar refractivity (Wildman–Crippen MR) is 72.5 cm³/mol. The number of aliphatic carboxylic acids is 1. The van der Waals surface area contributed by atoms with Gasteiger partial charge in [-0.1, -0.05) is 0 Å². The second kappa shape index (κ2) is 4.82. The van der Waals surface area contributed by atoms with E-state index in [1.165, 1.54) is 22.7 Å². The summed E-state index contributed by atoms with van der Waals surface area (Å²) >= 11 is 2.88. The highest BCUT2D eigenvalue weighted by Crippen LogP contribution is 2.46. The highest BCUT2D eigenvalue weighted by atomic mass is 32.1. The third-order valence-corrected chi connectivity index (χ3v) is 4.55. The van der Waals surface area contributed by atoms with Crippen molar-refractivity contribution in [2.45, 2.75) is 13.3 Å². The second-order valence-electron chi connectivity index (χ2n) is 4.03. The predicted octanol–water partition coefficient (Wildman–Crippen LogP) is 2.58. The average molecular weight is 297 g/mol. The number of thiazole rings is 1. The molecular weight excluding hydrogens is 286 g/mol. The van der Waals surface area contributed by atoms with Gasteiger partial charge in [0.15, 0.2) is 11.5 Å². The van der Waals surface area contributed by atoms with Gasteiger partial charge in [0.05, 0.1) is 22.0 Å². The molecule has 0 aromatic carbocycles. The molecule has 100 valence electrons. The molecule has 3 rings (SSSR count). The lowest BCUT2D eigenvalue weighted by atomic mass is 10.2. The number of hydrogen-bond acceptors (Lipinski definition) is 6. The molecule has 2 aromatic heterocycles. The van der Waals surface area contributed by atoms with Gasteiger partial charge in [-0.3, -0.25) is 4.79 Å². The van der Waals surface area contributed by atoms with E-state index < -0.39 is 5.97 Å². The zero-order valence-electron chi connectivity index (χ0n) is 10.1. The number of aromatic nitrogens is 1. The number of hydrogen-bond donors (Lipinski definition) is 1. The van der Waals surface area contributed by atoms with Crippen molar-refractivity contribution in [3.05, 3.63) is 15.3 Å². The number of rotatable bonds is 3. The molecule has 0 spiro atoms. The quantitative estimate of drug-likeness (QED) is 0.943. The van der Waals surface area contributed by atoms with E-state index in [1.807, 2.05) is 12.3 Å². The zero-order valence-corrected chi connectivity index (χ0v) is 11.8. The van der Waals surface area contributed by atoms with Gasteiger partial charge in [-0.15, -0.1) is 22.7 Å². The second-order valence-corrected chi connectivity index (χ2v) is 6.20. The van der Waals surface area contributed by atoms with E-state index in [2.05, 4.69) is 4.98 Å². The molecule has 0 radical (unpaired) electrons. The lowest BCUT2D eigenvalue weighted by molar-refractivity contribution is -0.136. The Morgan fingerprint density at radius 2 is 2.26 bits per heavy atom. The van der Waals surface area contributed by atoms with Crippen LogP contribution in [-0.2, 0) is 11.2 Å². The first-order chi connectivity index (χ1) is 9.15. The Kier molecular flexibility index (Phi) is 3.16. The first-order valence-electron chi connectivity index (χ1n) is 5.70. The summed E-state index contributed by atoms with van der Waals surface area (Å²) < 4.78 is 11.1. The Balaban J connectivity index is 2.06. The summed E-state index contributed by atoms with van der Waals surface area (Å²) in [4.78, 5) is 17.0. The van der Waals surface area contributed by atoms with Gasteiger partial charge in [0, 0.05) is 10.3 Å². The minimum atomic E-state index is -0.854. The topological polar surface area (TPSA) is 68.7 Å². The molecule has 5 nitrogen and oxygen atoms in total. The Labute approximate surface area is 117 Å². The highest BCUT2D eigenvalue weighted by molar-refractivity contribution is 7.15. The van der Waals surface area contributed by atoms with Crippen LogP contribution in [0.1, 0.15) is 9.88 Å². The van der Waals surface area contributed by atoms with Crippen LogP contribution in [-0.4, -0.2) is 29.3 Å². The van der Waals surface area contributed by atoms with Crippen LogP contribution >= 0.6 is 22.7 Å². The van der Waals surface area contributed by atoms with Crippen molar-refractivity contribution in [2.24, 2.45) is 0 Å².